The van der Waals surface area contributed by atoms with Crippen LogP contribution in [0.5, 0.6) is 5.75 Å². The number of rotatable bonds is 2. The molecule has 0 aliphatic carbocycles. The molecule has 0 saturated carbocycles. The number of hydrogen-bond acceptors (Lipinski definition) is 2. The minimum absolute atomic E-state index is 0.0971. The second kappa shape index (κ2) is 4.25. The molecule has 0 aliphatic heterocycles. The lowest BCUT2D eigenvalue weighted by molar-refractivity contribution is 0.100. The van der Waals surface area contributed by atoms with Gasteiger partial charge in [-0.05, 0) is 29.8 Å². The van der Waals surface area contributed by atoms with Crippen LogP contribution < -0.4 is 5.73 Å². The van der Waals surface area contributed by atoms with Gasteiger partial charge in [0.25, 0.3) is 0 Å². The fourth-order valence-electron chi connectivity index (χ4n) is 1.66. The van der Waals surface area contributed by atoms with Gasteiger partial charge in [-0.3, -0.25) is 4.79 Å². The van der Waals surface area contributed by atoms with Gasteiger partial charge in [-0.15, -0.1) is 0 Å². The molecule has 2 rings (SSSR count). The summed E-state index contributed by atoms with van der Waals surface area (Å²) in [6, 6.07) is 10.0. The van der Waals surface area contributed by atoms with Gasteiger partial charge < -0.3 is 10.8 Å². The number of phenolic OH excluding ortho intramolecular Hbond substituents is 1. The summed E-state index contributed by atoms with van der Waals surface area (Å²) in [6.07, 6.45) is 0. The molecule has 0 atom stereocenters. The Morgan fingerprint density at radius 1 is 1.12 bits per heavy atom. The van der Waals surface area contributed by atoms with Crippen LogP contribution in [-0.4, -0.2) is 11.0 Å². The molecule has 3 nitrogen and oxygen atoms in total. The van der Waals surface area contributed by atoms with Crippen LogP contribution in [0.3, 0.4) is 0 Å². The van der Waals surface area contributed by atoms with Crippen molar-refractivity contribution in [3.63, 3.8) is 0 Å². The van der Waals surface area contributed by atoms with Crippen LogP contribution in [0.15, 0.2) is 42.5 Å². The van der Waals surface area contributed by atoms with E-state index in [1.54, 1.807) is 18.2 Å². The quantitative estimate of drug-likeness (QED) is 0.832. The van der Waals surface area contributed by atoms with Crippen molar-refractivity contribution >= 4 is 5.91 Å². The van der Waals surface area contributed by atoms with Crippen LogP contribution in [0, 0.1) is 5.82 Å². The van der Waals surface area contributed by atoms with Crippen LogP contribution >= 0.6 is 0 Å². The molecule has 0 unspecified atom stereocenters. The van der Waals surface area contributed by atoms with Gasteiger partial charge in [-0.2, -0.15) is 0 Å². The molecule has 1 amide bonds. The molecule has 0 heterocycles. The van der Waals surface area contributed by atoms with E-state index < -0.39 is 11.7 Å². The van der Waals surface area contributed by atoms with Gasteiger partial charge in [0.1, 0.15) is 11.6 Å². The molecular formula is C13H10FNO2. The number of aromatic hydroxyl groups is 1. The summed E-state index contributed by atoms with van der Waals surface area (Å²) in [7, 11) is 0. The van der Waals surface area contributed by atoms with Crippen molar-refractivity contribution in [3.05, 3.63) is 53.8 Å². The van der Waals surface area contributed by atoms with Crippen LogP contribution in [-0.2, 0) is 0 Å². The molecule has 0 aromatic heterocycles. The second-order valence-electron chi connectivity index (χ2n) is 3.57. The Labute approximate surface area is 97.3 Å². The third-order valence-corrected chi connectivity index (χ3v) is 2.44. The first kappa shape index (κ1) is 11.1. The maximum atomic E-state index is 13.1. The Morgan fingerprint density at radius 2 is 1.82 bits per heavy atom. The number of carbonyl (C=O) groups excluding carboxylic acids is 1. The van der Waals surface area contributed by atoms with Gasteiger partial charge in [0.15, 0.2) is 0 Å². The Bertz CT molecular complexity index is 581. The lowest BCUT2D eigenvalue weighted by Crippen LogP contribution is -2.12. The molecule has 0 saturated heterocycles. The van der Waals surface area contributed by atoms with E-state index in [0.29, 0.717) is 5.56 Å². The summed E-state index contributed by atoms with van der Waals surface area (Å²) in [4.78, 5) is 11.2. The van der Waals surface area contributed by atoms with Gasteiger partial charge in [0.2, 0.25) is 5.91 Å². The van der Waals surface area contributed by atoms with Crippen molar-refractivity contribution in [2.24, 2.45) is 5.73 Å². The molecule has 0 spiro atoms. The van der Waals surface area contributed by atoms with Crippen LogP contribution in [0.4, 0.5) is 4.39 Å². The number of primary amides is 1. The minimum atomic E-state index is -0.621. The lowest BCUT2D eigenvalue weighted by atomic mass is 9.98. The van der Waals surface area contributed by atoms with Gasteiger partial charge in [-0.1, -0.05) is 18.2 Å². The van der Waals surface area contributed by atoms with E-state index in [4.69, 9.17) is 5.73 Å². The Morgan fingerprint density at radius 3 is 2.53 bits per heavy atom. The third kappa shape index (κ3) is 2.10. The lowest BCUT2D eigenvalue weighted by Gasteiger charge is -2.08. The summed E-state index contributed by atoms with van der Waals surface area (Å²) in [5.74, 6) is -1.21. The minimum Gasteiger partial charge on any atom is -0.507 e. The Kier molecular flexibility index (Phi) is 2.78. The number of halogens is 1. The van der Waals surface area contributed by atoms with E-state index in [9.17, 15) is 14.3 Å². The zero-order valence-corrected chi connectivity index (χ0v) is 8.85. The van der Waals surface area contributed by atoms with Crippen LogP contribution in [0.2, 0.25) is 0 Å². The van der Waals surface area contributed by atoms with E-state index in [1.165, 1.54) is 12.1 Å². The summed E-state index contributed by atoms with van der Waals surface area (Å²) in [5, 5.41) is 9.68. The monoisotopic (exact) mass is 231 g/mol. The highest BCUT2D eigenvalue weighted by Crippen LogP contribution is 2.31. The highest BCUT2D eigenvalue weighted by atomic mass is 19.1. The second-order valence-corrected chi connectivity index (χ2v) is 3.57. The molecule has 0 aliphatic rings. The summed E-state index contributed by atoms with van der Waals surface area (Å²) < 4.78 is 13.1. The predicted octanol–water partition coefficient (Wildman–Crippen LogP) is 2.30. The molecule has 3 N–H and O–H groups in total. The highest BCUT2D eigenvalue weighted by Gasteiger charge is 2.12. The number of carbonyl (C=O) groups is 1. The molecular weight excluding hydrogens is 221 g/mol. The number of benzene rings is 2. The average molecular weight is 231 g/mol. The molecule has 2 aromatic carbocycles. The number of amides is 1. The van der Waals surface area contributed by atoms with Gasteiger partial charge >= 0.3 is 0 Å². The topological polar surface area (TPSA) is 63.3 Å². The maximum Gasteiger partial charge on any atom is 0.249 e. The van der Waals surface area contributed by atoms with E-state index in [-0.39, 0.29) is 16.9 Å². The Balaban J connectivity index is 2.68. The van der Waals surface area contributed by atoms with Crippen molar-refractivity contribution < 1.29 is 14.3 Å². The van der Waals surface area contributed by atoms with E-state index in [1.807, 2.05) is 0 Å². The fraction of sp³-hybridized carbons (Fsp3) is 0. The summed E-state index contributed by atoms with van der Waals surface area (Å²) >= 11 is 0. The van der Waals surface area contributed by atoms with Gasteiger partial charge in [-0.25, -0.2) is 4.39 Å². The standard InChI is InChI=1S/C13H10FNO2/c14-8-5-6-12(16)11(7-8)9-3-1-2-4-10(9)13(15)17/h1-7,16H,(H2,15,17). The summed E-state index contributed by atoms with van der Waals surface area (Å²) in [6.45, 7) is 0. The van der Waals surface area contributed by atoms with Gasteiger partial charge in [0, 0.05) is 11.1 Å². The molecule has 17 heavy (non-hydrogen) atoms. The SMILES string of the molecule is NC(=O)c1ccccc1-c1cc(F)ccc1O. The smallest absolute Gasteiger partial charge is 0.249 e. The molecule has 4 heteroatoms. The van der Waals surface area contributed by atoms with E-state index >= 15 is 0 Å². The Hall–Kier alpha value is -2.36. The largest absolute Gasteiger partial charge is 0.507 e. The molecule has 0 bridgehead atoms. The van der Waals surface area contributed by atoms with E-state index in [0.717, 1.165) is 12.1 Å². The van der Waals surface area contributed by atoms with Crippen LogP contribution in [0.25, 0.3) is 11.1 Å². The van der Waals surface area contributed by atoms with Crippen molar-refractivity contribution in [2.75, 3.05) is 0 Å². The summed E-state index contributed by atoms with van der Waals surface area (Å²) in [5.41, 5.74) is 6.13. The molecule has 0 radical (unpaired) electrons. The third-order valence-electron chi connectivity index (χ3n) is 2.44. The molecule has 2 aromatic rings. The van der Waals surface area contributed by atoms with Crippen molar-refractivity contribution in [2.45, 2.75) is 0 Å². The highest BCUT2D eigenvalue weighted by molar-refractivity contribution is 6.00. The first-order valence-electron chi connectivity index (χ1n) is 4.97. The zero-order valence-electron chi connectivity index (χ0n) is 8.85. The number of hydrogen-bond donors (Lipinski definition) is 2. The number of phenols is 1. The van der Waals surface area contributed by atoms with Crippen LogP contribution in [0.1, 0.15) is 10.4 Å². The van der Waals surface area contributed by atoms with Crippen molar-refractivity contribution in [1.29, 1.82) is 0 Å². The molecule has 0 fully saturated rings. The fourth-order valence-corrected chi connectivity index (χ4v) is 1.66. The zero-order chi connectivity index (χ0) is 12.4. The average Bonchev–Trinajstić information content (AvgIpc) is 2.32. The first-order chi connectivity index (χ1) is 8.09. The normalized spacial score (nSPS) is 10.2. The molecule has 86 valence electrons. The van der Waals surface area contributed by atoms with Crippen molar-refractivity contribution in [1.82, 2.24) is 0 Å². The van der Waals surface area contributed by atoms with Crippen molar-refractivity contribution in [3.8, 4) is 16.9 Å². The van der Waals surface area contributed by atoms with E-state index in [2.05, 4.69) is 0 Å². The number of nitrogens with two attached hydrogens (primary N) is 1. The van der Waals surface area contributed by atoms with Gasteiger partial charge in [0.05, 0.1) is 0 Å². The predicted molar refractivity (Wildman–Crippen MR) is 62.0 cm³/mol. The first-order valence-corrected chi connectivity index (χ1v) is 4.97. The maximum absolute atomic E-state index is 13.1.